The highest BCUT2D eigenvalue weighted by atomic mass is 19.1. The molecule has 3 aliphatic rings. The summed E-state index contributed by atoms with van der Waals surface area (Å²) >= 11 is 0. The molecule has 0 saturated carbocycles. The fourth-order valence-electron chi connectivity index (χ4n) is 5.36. The zero-order valence-corrected chi connectivity index (χ0v) is 20.4. The van der Waals surface area contributed by atoms with E-state index in [-0.39, 0.29) is 23.4 Å². The Balaban J connectivity index is 1.29. The molecule has 2 aromatic carbocycles. The summed E-state index contributed by atoms with van der Waals surface area (Å²) in [5, 5.41) is 0. The Morgan fingerprint density at radius 1 is 1.14 bits per heavy atom. The Morgan fingerprint density at radius 2 is 1.91 bits per heavy atom. The van der Waals surface area contributed by atoms with Crippen LogP contribution in [0.1, 0.15) is 55.3 Å². The minimum Gasteiger partial charge on any atom is -0.464 e. The number of unbranched alkanes of at least 4 members (excludes halogenated alkanes) is 1. The van der Waals surface area contributed by atoms with Gasteiger partial charge in [-0.1, -0.05) is 49.7 Å². The monoisotopic (exact) mass is 479 g/mol. The summed E-state index contributed by atoms with van der Waals surface area (Å²) < 4.78 is 25.4. The number of aliphatic imine (C=N–C) groups is 1. The molecule has 0 aliphatic carbocycles. The van der Waals surface area contributed by atoms with E-state index in [0.29, 0.717) is 38.9 Å². The number of rotatable bonds is 4. The van der Waals surface area contributed by atoms with Crippen LogP contribution in [0.15, 0.2) is 53.5 Å². The molecule has 1 fully saturated rings. The van der Waals surface area contributed by atoms with Crippen molar-refractivity contribution < 1.29 is 18.7 Å². The number of hydrogen-bond donors (Lipinski definition) is 0. The van der Waals surface area contributed by atoms with E-state index < -0.39 is 0 Å². The van der Waals surface area contributed by atoms with Crippen molar-refractivity contribution in [1.82, 2.24) is 9.80 Å². The quantitative estimate of drug-likeness (QED) is 0.567. The number of nitrogens with zero attached hydrogens (tertiary/aromatic N) is 3. The Kier molecular flexibility index (Phi) is 6.93. The number of piperidine rings is 1. The second kappa shape index (κ2) is 10.3. The van der Waals surface area contributed by atoms with Gasteiger partial charge in [0.1, 0.15) is 5.82 Å². The first-order valence-corrected chi connectivity index (χ1v) is 12.8. The van der Waals surface area contributed by atoms with Crippen LogP contribution in [0.3, 0.4) is 0 Å². The molecule has 2 aromatic rings. The minimum atomic E-state index is -0.238. The summed E-state index contributed by atoms with van der Waals surface area (Å²) in [6, 6.07) is 15.8. The zero-order valence-electron chi connectivity index (χ0n) is 20.4. The predicted octanol–water partition coefficient (Wildman–Crippen LogP) is 5.18. The third-order valence-corrected chi connectivity index (χ3v) is 7.58. The van der Waals surface area contributed by atoms with E-state index in [9.17, 15) is 9.18 Å². The Hall–Kier alpha value is -3.09. The van der Waals surface area contributed by atoms with E-state index in [2.05, 4.69) is 36.1 Å². The normalized spacial score (nSPS) is 21.2. The van der Waals surface area contributed by atoms with Crippen LogP contribution in [0.2, 0.25) is 0 Å². The number of hydrogen-bond acceptors (Lipinski definition) is 5. The number of halogens is 1. The summed E-state index contributed by atoms with van der Waals surface area (Å²) in [4.78, 5) is 21.3. The van der Waals surface area contributed by atoms with Gasteiger partial charge in [0, 0.05) is 25.0 Å². The number of likely N-dealkylation sites (tertiary alicyclic amines) is 1. The second-order valence-electron chi connectivity index (χ2n) is 9.94. The lowest BCUT2D eigenvalue weighted by Gasteiger charge is -2.45. The van der Waals surface area contributed by atoms with Gasteiger partial charge in [0.25, 0.3) is 6.02 Å². The van der Waals surface area contributed by atoms with Gasteiger partial charge in [0.2, 0.25) is 0 Å². The van der Waals surface area contributed by atoms with Crippen LogP contribution < -0.4 is 0 Å². The Bertz CT molecular complexity index is 1060. The van der Waals surface area contributed by atoms with Gasteiger partial charge in [-0.25, -0.2) is 14.2 Å². The highest BCUT2D eigenvalue weighted by molar-refractivity contribution is 5.76. The van der Waals surface area contributed by atoms with Gasteiger partial charge in [0.15, 0.2) is 0 Å². The van der Waals surface area contributed by atoms with E-state index in [1.54, 1.807) is 0 Å². The molecule has 0 bridgehead atoms. The minimum absolute atomic E-state index is 0.0389. The highest BCUT2D eigenvalue weighted by Crippen LogP contribution is 2.39. The molecule has 5 rings (SSSR count). The number of carbonyl (C=O) groups is 1. The summed E-state index contributed by atoms with van der Waals surface area (Å²) in [6.45, 7) is 6.00. The average molecular weight is 480 g/mol. The molecule has 1 amide bonds. The van der Waals surface area contributed by atoms with Crippen LogP contribution >= 0.6 is 0 Å². The SMILES string of the molecule is CCCCOC(=O)N1CCC2(CC1)CN=C(N1CCc3ccccc3[C@@H]1c1ccc(F)cc1)OC2. The largest absolute Gasteiger partial charge is 0.464 e. The maximum atomic E-state index is 13.7. The van der Waals surface area contributed by atoms with Gasteiger partial charge in [-0.3, -0.25) is 0 Å². The van der Waals surface area contributed by atoms with Crippen molar-refractivity contribution in [3.63, 3.8) is 0 Å². The zero-order chi connectivity index (χ0) is 24.3. The average Bonchev–Trinajstić information content (AvgIpc) is 2.90. The summed E-state index contributed by atoms with van der Waals surface area (Å²) in [6.07, 6.45) is 4.33. The van der Waals surface area contributed by atoms with E-state index in [1.165, 1.54) is 23.3 Å². The van der Waals surface area contributed by atoms with Crippen LogP contribution in [0.4, 0.5) is 9.18 Å². The third kappa shape index (κ3) is 5.00. The number of benzene rings is 2. The van der Waals surface area contributed by atoms with E-state index in [1.807, 2.05) is 17.0 Å². The first-order valence-electron chi connectivity index (χ1n) is 12.8. The molecule has 186 valence electrons. The summed E-state index contributed by atoms with van der Waals surface area (Å²) in [7, 11) is 0. The topological polar surface area (TPSA) is 54.4 Å². The van der Waals surface area contributed by atoms with Crippen LogP contribution in [-0.4, -0.2) is 61.3 Å². The number of ether oxygens (including phenoxy) is 2. The molecule has 0 unspecified atom stereocenters. The van der Waals surface area contributed by atoms with E-state index in [0.717, 1.165) is 44.2 Å². The molecule has 1 spiro atoms. The molecule has 7 heteroatoms. The van der Waals surface area contributed by atoms with Gasteiger partial charge in [-0.2, -0.15) is 0 Å². The van der Waals surface area contributed by atoms with E-state index in [4.69, 9.17) is 14.5 Å². The van der Waals surface area contributed by atoms with Gasteiger partial charge in [-0.05, 0) is 54.5 Å². The molecule has 3 heterocycles. The van der Waals surface area contributed by atoms with Crippen LogP contribution in [0, 0.1) is 11.2 Å². The molecule has 35 heavy (non-hydrogen) atoms. The lowest BCUT2D eigenvalue weighted by molar-refractivity contribution is 0.0248. The number of amides is 1. The molecule has 1 atom stereocenters. The van der Waals surface area contributed by atoms with Crippen molar-refractivity contribution >= 4 is 12.1 Å². The van der Waals surface area contributed by atoms with Crippen LogP contribution in [0.5, 0.6) is 0 Å². The number of carbonyl (C=O) groups excluding carboxylic acids is 1. The molecular weight excluding hydrogens is 445 g/mol. The van der Waals surface area contributed by atoms with Gasteiger partial charge >= 0.3 is 6.09 Å². The predicted molar refractivity (Wildman–Crippen MR) is 133 cm³/mol. The number of amidine groups is 1. The first-order chi connectivity index (χ1) is 17.1. The van der Waals surface area contributed by atoms with Crippen molar-refractivity contribution in [2.45, 2.75) is 45.1 Å². The fraction of sp³-hybridized carbons (Fsp3) is 0.500. The fourth-order valence-corrected chi connectivity index (χ4v) is 5.36. The molecule has 3 aliphatic heterocycles. The molecule has 0 radical (unpaired) electrons. The second-order valence-corrected chi connectivity index (χ2v) is 9.94. The number of fused-ring (bicyclic) bond motifs is 1. The maximum Gasteiger partial charge on any atom is 0.409 e. The van der Waals surface area contributed by atoms with Crippen molar-refractivity contribution in [2.75, 3.05) is 39.4 Å². The van der Waals surface area contributed by atoms with Gasteiger partial charge < -0.3 is 19.3 Å². The molecule has 0 aromatic heterocycles. The lowest BCUT2D eigenvalue weighted by Crippen LogP contribution is -2.51. The maximum absolute atomic E-state index is 13.7. The summed E-state index contributed by atoms with van der Waals surface area (Å²) in [5.74, 6) is -0.238. The van der Waals surface area contributed by atoms with Crippen LogP contribution in [0.25, 0.3) is 0 Å². The standard InChI is InChI=1S/C28H34FN3O3/c1-2-3-18-34-27(33)31-16-13-28(14-17-31)19-30-26(35-20-28)32-15-12-21-6-4-5-7-24(21)25(32)22-8-10-23(29)11-9-22/h4-11,25H,2-3,12-20H2,1H3/t25-/m0/s1. The van der Waals surface area contributed by atoms with Crippen molar-refractivity contribution in [2.24, 2.45) is 10.4 Å². The van der Waals surface area contributed by atoms with Crippen molar-refractivity contribution in [3.05, 3.63) is 71.0 Å². The molecule has 1 saturated heterocycles. The molecule has 6 nitrogen and oxygen atoms in total. The first kappa shape index (κ1) is 23.6. The van der Waals surface area contributed by atoms with Crippen LogP contribution in [-0.2, 0) is 15.9 Å². The smallest absolute Gasteiger partial charge is 0.409 e. The molecular formula is C28H34FN3O3. The molecule has 0 N–H and O–H groups in total. The van der Waals surface area contributed by atoms with Crippen molar-refractivity contribution in [1.29, 1.82) is 0 Å². The van der Waals surface area contributed by atoms with Gasteiger partial charge in [-0.15, -0.1) is 0 Å². The lowest BCUT2D eigenvalue weighted by atomic mass is 9.78. The summed E-state index contributed by atoms with van der Waals surface area (Å²) in [5.41, 5.74) is 3.51. The highest BCUT2D eigenvalue weighted by Gasteiger charge is 2.41. The van der Waals surface area contributed by atoms with Crippen molar-refractivity contribution in [3.8, 4) is 0 Å². The third-order valence-electron chi connectivity index (χ3n) is 7.58. The van der Waals surface area contributed by atoms with Gasteiger partial charge in [0.05, 0.1) is 25.8 Å². The Labute approximate surface area is 206 Å². The van der Waals surface area contributed by atoms with E-state index >= 15 is 0 Å². The Morgan fingerprint density at radius 3 is 2.63 bits per heavy atom.